The summed E-state index contributed by atoms with van der Waals surface area (Å²) in [6, 6.07) is 8.52. The topological polar surface area (TPSA) is 84.9 Å². The van der Waals surface area contributed by atoms with E-state index in [0.717, 1.165) is 0 Å². The van der Waals surface area contributed by atoms with Gasteiger partial charge in [0.1, 0.15) is 16.5 Å². The highest BCUT2D eigenvalue weighted by molar-refractivity contribution is 7.89. The summed E-state index contributed by atoms with van der Waals surface area (Å²) in [5, 5.41) is 2.58. The van der Waals surface area contributed by atoms with Gasteiger partial charge in [0, 0.05) is 24.9 Å². The van der Waals surface area contributed by atoms with Crippen molar-refractivity contribution in [3.63, 3.8) is 0 Å². The van der Waals surface area contributed by atoms with Crippen LogP contribution in [0.4, 0.5) is 10.1 Å². The van der Waals surface area contributed by atoms with Crippen molar-refractivity contribution < 1.29 is 27.1 Å². The van der Waals surface area contributed by atoms with E-state index < -0.39 is 21.7 Å². The lowest BCUT2D eigenvalue weighted by Crippen LogP contribution is -2.40. The summed E-state index contributed by atoms with van der Waals surface area (Å²) < 4.78 is 51.5. The van der Waals surface area contributed by atoms with E-state index in [9.17, 15) is 17.6 Å². The Morgan fingerprint density at radius 2 is 2.00 bits per heavy atom. The number of benzene rings is 2. The predicted molar refractivity (Wildman–Crippen MR) is 116 cm³/mol. The van der Waals surface area contributed by atoms with Crippen molar-refractivity contribution in [1.82, 2.24) is 4.31 Å². The van der Waals surface area contributed by atoms with Crippen LogP contribution in [-0.4, -0.2) is 51.5 Å². The molecule has 1 fully saturated rings. The zero-order valence-electron chi connectivity index (χ0n) is 16.8. The van der Waals surface area contributed by atoms with E-state index >= 15 is 0 Å². The molecule has 0 atom stereocenters. The van der Waals surface area contributed by atoms with Crippen LogP contribution in [0.15, 0.2) is 47.4 Å². The number of nitrogens with zero attached hydrogens (tertiary/aromatic N) is 1. The average molecular weight is 469 g/mol. The third-order valence-corrected chi connectivity index (χ3v) is 6.68. The number of amides is 1. The van der Waals surface area contributed by atoms with Crippen LogP contribution < -0.4 is 10.1 Å². The van der Waals surface area contributed by atoms with E-state index in [1.54, 1.807) is 13.0 Å². The number of rotatable bonds is 7. The highest BCUT2D eigenvalue weighted by atomic mass is 35.5. The lowest BCUT2D eigenvalue weighted by atomic mass is 10.2. The van der Waals surface area contributed by atoms with Crippen LogP contribution in [-0.2, 0) is 19.6 Å². The van der Waals surface area contributed by atoms with Crippen LogP contribution in [0.1, 0.15) is 12.5 Å². The minimum atomic E-state index is -3.83. The SMILES string of the molecule is CCOc1ccc(NC(=O)/C=C/c2ccc(F)c(Cl)c2)cc1S(=O)(=O)N1CCOCC1. The number of hydrogen-bond donors (Lipinski definition) is 1. The molecule has 0 radical (unpaired) electrons. The molecule has 3 rings (SSSR count). The van der Waals surface area contributed by atoms with Crippen LogP contribution in [0.2, 0.25) is 5.02 Å². The molecule has 1 aliphatic rings. The highest BCUT2D eigenvalue weighted by Crippen LogP contribution is 2.30. The number of halogens is 2. The average Bonchev–Trinajstić information content (AvgIpc) is 2.76. The van der Waals surface area contributed by atoms with E-state index in [0.29, 0.717) is 31.1 Å². The Bertz CT molecular complexity index is 1090. The number of carbonyl (C=O) groups is 1. The summed E-state index contributed by atoms with van der Waals surface area (Å²) in [7, 11) is -3.83. The third-order valence-electron chi connectivity index (χ3n) is 4.47. The van der Waals surface area contributed by atoms with Gasteiger partial charge in [-0.25, -0.2) is 12.8 Å². The molecular weight excluding hydrogens is 447 g/mol. The molecule has 0 spiro atoms. The molecule has 1 amide bonds. The largest absolute Gasteiger partial charge is 0.492 e. The van der Waals surface area contributed by atoms with E-state index in [1.165, 1.54) is 46.8 Å². The molecule has 31 heavy (non-hydrogen) atoms. The second kappa shape index (κ2) is 10.2. The highest BCUT2D eigenvalue weighted by Gasteiger charge is 2.29. The van der Waals surface area contributed by atoms with Crippen LogP contribution in [0.5, 0.6) is 5.75 Å². The first-order valence-corrected chi connectivity index (χ1v) is 11.4. The smallest absolute Gasteiger partial charge is 0.248 e. The Kier molecular flexibility index (Phi) is 7.66. The summed E-state index contributed by atoms with van der Waals surface area (Å²) in [5.41, 5.74) is 0.839. The molecule has 10 heteroatoms. The fourth-order valence-corrected chi connectivity index (χ4v) is 4.71. The van der Waals surface area contributed by atoms with Crippen molar-refractivity contribution in [3.8, 4) is 5.75 Å². The molecule has 2 aromatic carbocycles. The van der Waals surface area contributed by atoms with E-state index in [2.05, 4.69) is 5.32 Å². The van der Waals surface area contributed by atoms with E-state index in [4.69, 9.17) is 21.1 Å². The molecule has 1 aliphatic heterocycles. The van der Waals surface area contributed by atoms with Gasteiger partial charge in [-0.3, -0.25) is 4.79 Å². The maximum absolute atomic E-state index is 13.2. The summed E-state index contributed by atoms with van der Waals surface area (Å²) in [5.74, 6) is -0.825. The quantitative estimate of drug-likeness (QED) is 0.628. The minimum Gasteiger partial charge on any atom is -0.492 e. The lowest BCUT2D eigenvalue weighted by Gasteiger charge is -2.27. The Labute approximate surface area is 185 Å². The molecule has 1 N–H and O–H groups in total. The lowest BCUT2D eigenvalue weighted by molar-refractivity contribution is -0.111. The maximum atomic E-state index is 13.2. The van der Waals surface area contributed by atoms with Crippen molar-refractivity contribution in [2.24, 2.45) is 0 Å². The Morgan fingerprint density at radius 3 is 2.68 bits per heavy atom. The number of ether oxygens (including phenoxy) is 2. The van der Waals surface area contributed by atoms with Gasteiger partial charge >= 0.3 is 0 Å². The number of nitrogens with one attached hydrogen (secondary N) is 1. The molecule has 0 bridgehead atoms. The summed E-state index contributed by atoms with van der Waals surface area (Å²) >= 11 is 5.73. The Balaban J connectivity index is 1.81. The predicted octanol–water partition coefficient (Wildman–Crippen LogP) is 3.55. The van der Waals surface area contributed by atoms with Gasteiger partial charge < -0.3 is 14.8 Å². The zero-order chi connectivity index (χ0) is 22.4. The molecule has 7 nitrogen and oxygen atoms in total. The van der Waals surface area contributed by atoms with Crippen molar-refractivity contribution in [3.05, 3.63) is 58.9 Å². The van der Waals surface area contributed by atoms with Crippen molar-refractivity contribution in [2.75, 3.05) is 38.2 Å². The first-order chi connectivity index (χ1) is 14.8. The van der Waals surface area contributed by atoms with Crippen molar-refractivity contribution in [1.29, 1.82) is 0 Å². The van der Waals surface area contributed by atoms with Gasteiger partial charge in [-0.05, 0) is 48.9 Å². The van der Waals surface area contributed by atoms with Crippen LogP contribution >= 0.6 is 11.6 Å². The van der Waals surface area contributed by atoms with Gasteiger partial charge in [-0.15, -0.1) is 0 Å². The van der Waals surface area contributed by atoms with Gasteiger partial charge in [-0.2, -0.15) is 4.31 Å². The molecule has 0 saturated carbocycles. The summed E-state index contributed by atoms with van der Waals surface area (Å²) in [6.07, 6.45) is 2.72. The van der Waals surface area contributed by atoms with Gasteiger partial charge in [0.2, 0.25) is 15.9 Å². The second-order valence-electron chi connectivity index (χ2n) is 6.61. The molecule has 0 aromatic heterocycles. The van der Waals surface area contributed by atoms with Crippen molar-refractivity contribution >= 4 is 39.3 Å². The van der Waals surface area contributed by atoms with E-state index in [-0.39, 0.29) is 28.8 Å². The fraction of sp³-hybridized carbons (Fsp3) is 0.286. The van der Waals surface area contributed by atoms with Crippen LogP contribution in [0.3, 0.4) is 0 Å². The molecule has 1 saturated heterocycles. The third kappa shape index (κ3) is 5.82. The second-order valence-corrected chi connectivity index (χ2v) is 8.92. The van der Waals surface area contributed by atoms with Gasteiger partial charge in [0.25, 0.3) is 0 Å². The molecule has 1 heterocycles. The molecule has 0 unspecified atom stereocenters. The number of hydrogen-bond acceptors (Lipinski definition) is 5. The molecule has 2 aromatic rings. The van der Waals surface area contributed by atoms with Crippen LogP contribution in [0.25, 0.3) is 6.08 Å². The normalized spacial score (nSPS) is 15.2. The summed E-state index contributed by atoms with van der Waals surface area (Å²) in [6.45, 7) is 3.17. The van der Waals surface area contributed by atoms with Crippen LogP contribution in [0, 0.1) is 5.82 Å². The number of anilines is 1. The minimum absolute atomic E-state index is 0.0247. The standard InChI is InChI=1S/C21H22ClFN2O5S/c1-2-30-19-7-5-16(14-20(19)31(27,28)25-9-11-29-12-10-25)24-21(26)8-4-15-3-6-18(23)17(22)13-15/h3-8,13-14H,2,9-12H2,1H3,(H,24,26)/b8-4+. The van der Waals surface area contributed by atoms with E-state index in [1.807, 2.05) is 0 Å². The zero-order valence-corrected chi connectivity index (χ0v) is 18.4. The van der Waals surface area contributed by atoms with Gasteiger partial charge in [0.05, 0.1) is 24.8 Å². The number of morpholine rings is 1. The Morgan fingerprint density at radius 1 is 1.26 bits per heavy atom. The van der Waals surface area contributed by atoms with Gasteiger partial charge in [-0.1, -0.05) is 17.7 Å². The monoisotopic (exact) mass is 468 g/mol. The molecular formula is C21H22ClFN2O5S. The van der Waals surface area contributed by atoms with Gasteiger partial charge in [0.15, 0.2) is 0 Å². The number of carbonyl (C=O) groups excluding carboxylic acids is 1. The van der Waals surface area contributed by atoms with Crippen molar-refractivity contribution in [2.45, 2.75) is 11.8 Å². The molecule has 166 valence electrons. The fourth-order valence-electron chi connectivity index (χ4n) is 2.96. The molecule has 0 aliphatic carbocycles. The first-order valence-electron chi connectivity index (χ1n) is 9.60. The Hall–Kier alpha value is -2.46. The first kappa shape index (κ1) is 23.2. The maximum Gasteiger partial charge on any atom is 0.248 e. The number of sulfonamides is 1. The summed E-state index contributed by atoms with van der Waals surface area (Å²) in [4.78, 5) is 12.3.